The number of thiocarbonyl (C=S) groups is 2. The van der Waals surface area contributed by atoms with Gasteiger partial charge >= 0.3 is 0 Å². The number of rotatable bonds is 18. The van der Waals surface area contributed by atoms with Gasteiger partial charge in [0.05, 0.1) is 83.5 Å². The van der Waals surface area contributed by atoms with Gasteiger partial charge in [0.1, 0.15) is 24.2 Å². The number of nitrogens with zero attached hydrogens (tertiary/aromatic N) is 2. The molecule has 0 aromatic heterocycles. The second-order valence-electron chi connectivity index (χ2n) is 21.3. The third-order valence-corrected chi connectivity index (χ3v) is 18.9. The molecule has 2 aliphatic carbocycles. The van der Waals surface area contributed by atoms with Crippen LogP contribution in [0.3, 0.4) is 0 Å². The van der Waals surface area contributed by atoms with Gasteiger partial charge in [-0.25, -0.2) is 0 Å². The quantitative estimate of drug-likeness (QED) is 0.0906. The zero-order chi connectivity index (χ0) is 50.8. The molecule has 71 heavy (non-hydrogen) atoms. The van der Waals surface area contributed by atoms with Gasteiger partial charge < -0.3 is 55.9 Å². The van der Waals surface area contributed by atoms with E-state index in [4.69, 9.17) is 38.6 Å². The maximum Gasteiger partial charge on any atom is 0.246 e. The first-order valence-electron chi connectivity index (χ1n) is 25.3. The van der Waals surface area contributed by atoms with Crippen LogP contribution in [0.1, 0.15) is 102 Å². The van der Waals surface area contributed by atoms with Crippen LogP contribution in [0.25, 0.3) is 0 Å². The molecule has 19 heteroatoms. The van der Waals surface area contributed by atoms with E-state index in [9.17, 15) is 19.2 Å². The molecule has 388 valence electrons. The normalized spacial score (nSPS) is 30.3. The van der Waals surface area contributed by atoms with Crippen LogP contribution in [0, 0.1) is 10.8 Å². The van der Waals surface area contributed by atoms with E-state index in [2.05, 4.69) is 71.7 Å². The van der Waals surface area contributed by atoms with Gasteiger partial charge in [0.25, 0.3) is 0 Å². The maximum absolute atomic E-state index is 14.6. The van der Waals surface area contributed by atoms with Crippen LogP contribution < -0.4 is 31.9 Å². The minimum absolute atomic E-state index is 0.0883. The van der Waals surface area contributed by atoms with E-state index in [1.54, 1.807) is 23.5 Å². The molecule has 0 bridgehead atoms. The van der Waals surface area contributed by atoms with Crippen molar-refractivity contribution in [3.8, 4) is 0 Å². The average molecular weight is 1050 g/mol. The van der Waals surface area contributed by atoms with E-state index in [-0.39, 0.29) is 58.7 Å². The SMILES string of the molecule is CN[C@@H](C)C(=S)N[C@H]1CCS[C@H]2CC(C)(C)C(C(=O)N[C@H]3c4ccccc4C[C@H]3OCCOCCO[C@@H]3Cc4ccccc4[C@@H]3NC(=O)[C@H]3N4C(=O)[C@@H](NC(=S)[C@H](C)NC)CCS[C@H]4CC3(C)C)N2C1=O. The highest BCUT2D eigenvalue weighted by molar-refractivity contribution is 8.00. The predicted octanol–water partition coefficient (Wildman–Crippen LogP) is 4.57. The molecule has 8 rings (SSSR count). The van der Waals surface area contributed by atoms with Gasteiger partial charge in [0.15, 0.2) is 0 Å². The highest BCUT2D eigenvalue weighted by Gasteiger charge is 2.57. The minimum atomic E-state index is -0.667. The number of likely N-dealkylation sites (N-methyl/N-ethyl adjacent to an activating group) is 2. The van der Waals surface area contributed by atoms with Crippen molar-refractivity contribution in [3.63, 3.8) is 0 Å². The first-order chi connectivity index (χ1) is 33.9. The topological polar surface area (TPSA) is 175 Å². The average Bonchev–Trinajstić information content (AvgIpc) is 3.98. The van der Waals surface area contributed by atoms with Crippen LogP contribution in [0.4, 0.5) is 0 Å². The van der Waals surface area contributed by atoms with Crippen LogP contribution in [-0.4, -0.2) is 155 Å². The van der Waals surface area contributed by atoms with Crippen LogP contribution in [-0.2, 0) is 46.2 Å². The van der Waals surface area contributed by atoms with Gasteiger partial charge in [-0.2, -0.15) is 0 Å². The molecule has 0 saturated carbocycles. The number of thioether (sulfide) groups is 2. The number of fused-ring (bicyclic) bond motifs is 4. The van der Waals surface area contributed by atoms with Gasteiger partial charge in [-0.15, -0.1) is 23.5 Å². The number of hydrogen-bond acceptors (Lipinski definition) is 13. The standard InChI is InChI=1S/C52H74N8O7S4/c1-29(53-7)47(68)55-35-17-23-70-39-27-51(3,4)43(59(39)49(35)63)45(61)57-41-33-15-11-9-13-31(33)25-37(41)66-21-19-65-20-22-67-38-26-32-14-10-12-16-34(32)42(38)58-46(62)44-52(5,6)28-40-60(44)50(64)36(18-24-71-40)56-48(69)30(2)54-8/h9-16,29-30,35-44,53-54H,17-28H2,1-8H3,(H,55,68)(H,56,69)(H,57,61)(H,58,62)/t29-,30-,35-,36-,37+,38+,39-,40-,41-,42-,43+,44?/m0/s1. The van der Waals surface area contributed by atoms with E-state index in [0.717, 1.165) is 33.8 Å². The summed E-state index contributed by atoms with van der Waals surface area (Å²) in [5, 5.41) is 19.4. The predicted molar refractivity (Wildman–Crippen MR) is 288 cm³/mol. The van der Waals surface area contributed by atoms with Crippen molar-refractivity contribution in [1.82, 2.24) is 41.7 Å². The third-order valence-electron chi connectivity index (χ3n) is 15.5. The summed E-state index contributed by atoms with van der Waals surface area (Å²) in [4.78, 5) is 62.7. The van der Waals surface area contributed by atoms with Crippen molar-refractivity contribution < 1.29 is 33.4 Å². The Morgan fingerprint density at radius 3 is 1.44 bits per heavy atom. The molecule has 0 radical (unpaired) electrons. The first kappa shape index (κ1) is 53.9. The summed E-state index contributed by atoms with van der Waals surface area (Å²) in [5.74, 6) is 1.03. The van der Waals surface area contributed by atoms with Crippen molar-refractivity contribution in [2.24, 2.45) is 10.8 Å². The highest BCUT2D eigenvalue weighted by Crippen LogP contribution is 2.48. The number of carbonyl (C=O) groups is 4. The number of ether oxygens (including phenoxy) is 3. The Kier molecular flexibility index (Phi) is 17.5. The van der Waals surface area contributed by atoms with E-state index in [1.807, 2.05) is 74.1 Å². The Bertz CT molecular complexity index is 2150. The van der Waals surface area contributed by atoms with E-state index in [0.29, 0.717) is 74.9 Å². The van der Waals surface area contributed by atoms with Gasteiger partial charge in [-0.1, -0.05) is 101 Å². The maximum atomic E-state index is 14.6. The lowest BCUT2D eigenvalue weighted by atomic mass is 9.83. The molecular weight excluding hydrogens is 977 g/mol. The molecule has 15 nitrogen and oxygen atoms in total. The summed E-state index contributed by atoms with van der Waals surface area (Å²) in [7, 11) is 3.68. The summed E-state index contributed by atoms with van der Waals surface area (Å²) >= 11 is 14.7. The van der Waals surface area contributed by atoms with Crippen molar-refractivity contribution in [3.05, 3.63) is 70.8 Å². The van der Waals surface area contributed by atoms with Crippen LogP contribution in [0.5, 0.6) is 0 Å². The fourth-order valence-corrected chi connectivity index (χ4v) is 15.1. The number of benzene rings is 2. The Balaban J connectivity index is 0.858. The van der Waals surface area contributed by atoms with Crippen molar-refractivity contribution in [2.75, 3.05) is 52.0 Å². The highest BCUT2D eigenvalue weighted by atomic mass is 32.2. The Morgan fingerprint density at radius 2 is 1.04 bits per heavy atom. The number of hydrogen-bond donors (Lipinski definition) is 6. The molecule has 4 heterocycles. The summed E-state index contributed by atoms with van der Waals surface area (Å²) in [6.45, 7) is 13.5. The second kappa shape index (κ2) is 23.0. The molecule has 2 aromatic carbocycles. The van der Waals surface area contributed by atoms with Crippen molar-refractivity contribution >= 4 is 81.6 Å². The molecule has 6 aliphatic rings. The van der Waals surface area contributed by atoms with E-state index >= 15 is 0 Å². The van der Waals surface area contributed by atoms with Crippen molar-refractivity contribution in [2.45, 2.75) is 151 Å². The Morgan fingerprint density at radius 1 is 0.648 bits per heavy atom. The van der Waals surface area contributed by atoms with Gasteiger partial charge in [0, 0.05) is 12.8 Å². The molecule has 6 N–H and O–H groups in total. The summed E-state index contributed by atoms with van der Waals surface area (Å²) in [6, 6.07) is 12.9. The molecule has 4 fully saturated rings. The van der Waals surface area contributed by atoms with E-state index < -0.39 is 47.1 Å². The summed E-state index contributed by atoms with van der Waals surface area (Å²) < 4.78 is 19.1. The summed E-state index contributed by atoms with van der Waals surface area (Å²) in [5.41, 5.74) is 3.35. The molecule has 4 amide bonds. The van der Waals surface area contributed by atoms with Crippen molar-refractivity contribution in [1.29, 1.82) is 0 Å². The lowest BCUT2D eigenvalue weighted by Gasteiger charge is -2.35. The fourth-order valence-electron chi connectivity index (χ4n) is 11.4. The third kappa shape index (κ3) is 11.6. The Labute approximate surface area is 439 Å². The van der Waals surface area contributed by atoms with Crippen LogP contribution in [0.2, 0.25) is 0 Å². The monoisotopic (exact) mass is 1050 g/mol. The molecule has 12 atom stereocenters. The van der Waals surface area contributed by atoms with Gasteiger partial charge in [0.2, 0.25) is 23.6 Å². The van der Waals surface area contributed by atoms with E-state index in [1.165, 1.54) is 0 Å². The fraction of sp³-hybridized carbons (Fsp3) is 0.654. The number of carbonyl (C=O) groups excluding carboxylic acids is 4. The zero-order valence-electron chi connectivity index (χ0n) is 42.4. The largest absolute Gasteiger partial charge is 0.377 e. The lowest BCUT2D eigenvalue weighted by molar-refractivity contribution is -0.143. The minimum Gasteiger partial charge on any atom is -0.377 e. The number of amides is 4. The molecular formula is C52H74N8O7S4. The molecule has 4 saturated heterocycles. The Hall–Kier alpha value is -3.40. The first-order valence-corrected chi connectivity index (χ1v) is 28.3. The number of nitrogens with one attached hydrogen (secondary N) is 6. The molecule has 2 aromatic rings. The molecule has 1 unspecified atom stereocenters. The van der Waals surface area contributed by atoms with Gasteiger partial charge in [-0.3, -0.25) is 19.2 Å². The smallest absolute Gasteiger partial charge is 0.246 e. The lowest BCUT2D eigenvalue weighted by Crippen LogP contribution is -2.58. The van der Waals surface area contributed by atoms with Crippen LogP contribution in [0.15, 0.2) is 48.5 Å². The summed E-state index contributed by atoms with van der Waals surface area (Å²) in [6.07, 6.45) is 3.29. The van der Waals surface area contributed by atoms with Crippen LogP contribution >= 0.6 is 48.0 Å². The molecule has 0 spiro atoms. The van der Waals surface area contributed by atoms with Gasteiger partial charge in [-0.05, 0) is 98.2 Å². The molecule has 4 aliphatic heterocycles. The second-order valence-corrected chi connectivity index (χ2v) is 24.7. The zero-order valence-corrected chi connectivity index (χ0v) is 45.7.